The summed E-state index contributed by atoms with van der Waals surface area (Å²) in [5.41, 5.74) is 8.04. The number of primary amides is 1. The zero-order valence-corrected chi connectivity index (χ0v) is 14.0. The molecule has 1 unspecified atom stereocenters. The maximum Gasteiger partial charge on any atom is 0.310 e. The number of amides is 1. The van der Waals surface area contributed by atoms with Gasteiger partial charge in [-0.2, -0.15) is 11.8 Å². The Morgan fingerprint density at radius 1 is 1.30 bits per heavy atom. The Balaban J connectivity index is 0.00000264. The van der Waals surface area contributed by atoms with Crippen LogP contribution in [0.25, 0.3) is 0 Å². The van der Waals surface area contributed by atoms with Gasteiger partial charge in [-0.3, -0.25) is 14.4 Å². The fourth-order valence-electron chi connectivity index (χ4n) is 4.35. The minimum absolute atomic E-state index is 0. The molecule has 2 aliphatic rings. The third kappa shape index (κ3) is 2.49. The molecule has 7 nitrogen and oxygen atoms in total. The van der Waals surface area contributed by atoms with Crippen LogP contribution in [0.4, 0.5) is 4.39 Å². The molecule has 0 radical (unpaired) electrons. The van der Waals surface area contributed by atoms with Gasteiger partial charge in [-0.25, -0.2) is 4.39 Å². The zero-order valence-electron chi connectivity index (χ0n) is 12.4. The lowest BCUT2D eigenvalue weighted by Crippen LogP contribution is -2.63. The van der Waals surface area contributed by atoms with Gasteiger partial charge >= 0.3 is 11.9 Å². The minimum atomic E-state index is -1.85. The van der Waals surface area contributed by atoms with Gasteiger partial charge in [0.1, 0.15) is 11.7 Å². The van der Waals surface area contributed by atoms with Crippen molar-refractivity contribution in [2.45, 2.75) is 24.6 Å². The first-order valence-electron chi connectivity index (χ1n) is 6.83. The summed E-state index contributed by atoms with van der Waals surface area (Å²) in [6, 6.07) is 0. The molecular formula is C13H20ClFN2O5S. The van der Waals surface area contributed by atoms with Crippen molar-refractivity contribution >= 4 is 42.0 Å². The first kappa shape index (κ1) is 20.0. The predicted octanol–water partition coefficient (Wildman–Crippen LogP) is 0.104. The van der Waals surface area contributed by atoms with Crippen molar-refractivity contribution in [1.82, 2.24) is 0 Å². The number of alkyl halides is 1. The lowest BCUT2D eigenvalue weighted by atomic mass is 9.69. The number of carbonyl (C=O) groups excluding carboxylic acids is 1. The number of nitrogens with two attached hydrogens (primary N) is 2. The van der Waals surface area contributed by atoms with Crippen molar-refractivity contribution in [2.75, 3.05) is 12.0 Å². The first-order chi connectivity index (χ1) is 10.2. The molecule has 0 aromatic heterocycles. The minimum Gasteiger partial charge on any atom is -0.481 e. The van der Waals surface area contributed by atoms with Gasteiger partial charge in [0.25, 0.3) is 0 Å². The van der Waals surface area contributed by atoms with Crippen LogP contribution in [-0.4, -0.2) is 51.8 Å². The Morgan fingerprint density at radius 2 is 1.83 bits per heavy atom. The maximum absolute atomic E-state index is 14.1. The average molecular weight is 371 g/mol. The molecule has 2 fully saturated rings. The Morgan fingerprint density at radius 3 is 2.22 bits per heavy atom. The van der Waals surface area contributed by atoms with Gasteiger partial charge < -0.3 is 21.7 Å². The van der Waals surface area contributed by atoms with E-state index in [1.54, 1.807) is 6.26 Å². The molecule has 1 amide bonds. The van der Waals surface area contributed by atoms with Crippen molar-refractivity contribution in [2.24, 2.45) is 34.6 Å². The van der Waals surface area contributed by atoms with Crippen molar-refractivity contribution in [3.63, 3.8) is 0 Å². The molecule has 0 bridgehead atoms. The molecule has 6 N–H and O–H groups in total. The smallest absolute Gasteiger partial charge is 0.310 e. The maximum atomic E-state index is 14.1. The Kier molecular flexibility index (Phi) is 5.60. The molecule has 10 heteroatoms. The summed E-state index contributed by atoms with van der Waals surface area (Å²) in [7, 11) is 0. The summed E-state index contributed by atoms with van der Waals surface area (Å²) in [5, 5.41) is 18.7. The van der Waals surface area contributed by atoms with E-state index in [0.717, 1.165) is 0 Å². The van der Waals surface area contributed by atoms with Gasteiger partial charge in [-0.1, -0.05) is 0 Å². The monoisotopic (exact) mass is 370 g/mol. The van der Waals surface area contributed by atoms with Crippen LogP contribution in [0.3, 0.4) is 0 Å². The molecule has 6 atom stereocenters. The van der Waals surface area contributed by atoms with Crippen molar-refractivity contribution in [3.05, 3.63) is 0 Å². The van der Waals surface area contributed by atoms with Gasteiger partial charge in [-0.05, 0) is 30.8 Å². The Bertz CT molecular complexity index is 538. The van der Waals surface area contributed by atoms with Crippen molar-refractivity contribution in [1.29, 1.82) is 0 Å². The van der Waals surface area contributed by atoms with Crippen LogP contribution in [0.1, 0.15) is 12.8 Å². The summed E-state index contributed by atoms with van der Waals surface area (Å²) in [4.78, 5) is 35.0. The summed E-state index contributed by atoms with van der Waals surface area (Å²) in [5.74, 6) is -6.87. The van der Waals surface area contributed by atoms with Crippen LogP contribution in [0.15, 0.2) is 0 Å². The Hall–Kier alpha value is -1.06. The zero-order chi connectivity index (χ0) is 16.9. The molecule has 0 aromatic carbocycles. The molecule has 2 saturated carbocycles. The van der Waals surface area contributed by atoms with E-state index < -0.39 is 52.7 Å². The highest BCUT2D eigenvalue weighted by atomic mass is 35.5. The number of rotatable bonds is 7. The molecule has 2 aliphatic carbocycles. The number of hydrogen-bond donors (Lipinski definition) is 4. The molecular weight excluding hydrogens is 351 g/mol. The number of carbonyl (C=O) groups is 3. The van der Waals surface area contributed by atoms with Gasteiger partial charge in [0, 0.05) is 5.41 Å². The van der Waals surface area contributed by atoms with Crippen molar-refractivity contribution in [3.8, 4) is 0 Å². The normalized spacial score (nSPS) is 37.2. The molecule has 0 aliphatic heterocycles. The largest absolute Gasteiger partial charge is 0.481 e. The second kappa shape index (κ2) is 6.45. The first-order valence-corrected chi connectivity index (χ1v) is 8.23. The fourth-order valence-corrected chi connectivity index (χ4v) is 4.88. The number of thioether (sulfide) groups is 1. The third-order valence-electron chi connectivity index (χ3n) is 5.22. The van der Waals surface area contributed by atoms with Crippen LogP contribution in [0.2, 0.25) is 0 Å². The van der Waals surface area contributed by atoms with Gasteiger partial charge in [0.15, 0.2) is 0 Å². The number of halogens is 2. The second-order valence-corrected chi connectivity index (χ2v) is 6.99. The van der Waals surface area contributed by atoms with Crippen LogP contribution in [0.5, 0.6) is 0 Å². The lowest BCUT2D eigenvalue weighted by molar-refractivity contribution is -0.151. The number of aliphatic carboxylic acids is 2. The fraction of sp³-hybridized carbons (Fsp3) is 0.769. The predicted molar refractivity (Wildman–Crippen MR) is 84.0 cm³/mol. The Labute approximate surface area is 142 Å². The highest BCUT2D eigenvalue weighted by Crippen LogP contribution is 2.76. The van der Waals surface area contributed by atoms with Gasteiger partial charge in [-0.15, -0.1) is 12.4 Å². The van der Waals surface area contributed by atoms with Crippen LogP contribution < -0.4 is 11.5 Å². The van der Waals surface area contributed by atoms with Gasteiger partial charge in [0.05, 0.1) is 11.8 Å². The van der Waals surface area contributed by atoms with E-state index in [1.807, 2.05) is 0 Å². The number of carboxylic acid groups (broad SMARTS) is 2. The molecule has 0 saturated heterocycles. The average Bonchev–Trinajstić information content (AvgIpc) is 2.94. The lowest BCUT2D eigenvalue weighted by Gasteiger charge is -2.38. The molecule has 23 heavy (non-hydrogen) atoms. The van der Waals surface area contributed by atoms with E-state index >= 15 is 0 Å². The number of carboxylic acids is 2. The van der Waals surface area contributed by atoms with E-state index in [4.69, 9.17) is 11.5 Å². The highest BCUT2D eigenvalue weighted by molar-refractivity contribution is 7.98. The van der Waals surface area contributed by atoms with Crippen molar-refractivity contribution < 1.29 is 29.0 Å². The molecule has 0 spiro atoms. The SMILES string of the molecule is CSCC[C@@](N)(C(N)=O)[C@@]12C(C(=O)O)[C@@H](F)C[C@@H]1[C@@H]2C(=O)O.Cl. The van der Waals surface area contributed by atoms with Crippen LogP contribution in [0, 0.1) is 23.2 Å². The third-order valence-corrected chi connectivity index (χ3v) is 5.83. The van der Waals surface area contributed by atoms with E-state index in [1.165, 1.54) is 11.8 Å². The van der Waals surface area contributed by atoms with Crippen LogP contribution >= 0.6 is 24.2 Å². The van der Waals surface area contributed by atoms with Crippen LogP contribution in [-0.2, 0) is 14.4 Å². The molecule has 0 heterocycles. The number of hydrogen-bond acceptors (Lipinski definition) is 5. The van der Waals surface area contributed by atoms with E-state index in [2.05, 4.69) is 0 Å². The quantitative estimate of drug-likeness (QED) is 0.497. The van der Waals surface area contributed by atoms with E-state index in [0.29, 0.717) is 5.75 Å². The molecule has 132 valence electrons. The van der Waals surface area contributed by atoms with E-state index in [9.17, 15) is 29.0 Å². The summed E-state index contributed by atoms with van der Waals surface area (Å²) >= 11 is 1.37. The summed E-state index contributed by atoms with van der Waals surface area (Å²) in [6.45, 7) is 0. The molecule has 2 rings (SSSR count). The van der Waals surface area contributed by atoms with E-state index in [-0.39, 0.29) is 25.2 Å². The molecule has 0 aromatic rings. The summed E-state index contributed by atoms with van der Waals surface area (Å²) < 4.78 is 14.1. The highest BCUT2D eigenvalue weighted by Gasteiger charge is 2.85. The van der Waals surface area contributed by atoms with Gasteiger partial charge in [0.2, 0.25) is 5.91 Å². The number of fused-ring (bicyclic) bond motifs is 1. The topological polar surface area (TPSA) is 144 Å². The standard InChI is InChI=1S/C13H19FN2O5S.ClH/c1-22-3-2-12(16,11(15)21)13-5(7(13)9(17)18)4-6(14)8(13)10(19)20;/h5-8H,2-4,16H2,1H3,(H2,15,21)(H,17,18)(H,19,20);1H/t5-,6+,7-,8?,12-,13+;/m1./s1. The summed E-state index contributed by atoms with van der Waals surface area (Å²) in [6.07, 6.45) is -0.172. The second-order valence-electron chi connectivity index (χ2n) is 6.00.